The quantitative estimate of drug-likeness (QED) is 0.382. The Hall–Kier alpha value is -2.05. The number of nitrogens with zero attached hydrogens (tertiary/aromatic N) is 1. The normalized spacial score (nSPS) is 24.2. The molecular weight excluding hydrogens is 447 g/mol. The molecule has 0 aromatic heterocycles. The molecule has 2 aliphatic rings. The lowest BCUT2D eigenvalue weighted by atomic mass is 9.93. The van der Waals surface area contributed by atoms with Gasteiger partial charge in [0.15, 0.2) is 0 Å². The second kappa shape index (κ2) is 12.4. The minimum atomic E-state index is -4.95. The first-order chi connectivity index (χ1) is 15.5. The number of aliphatic imine (C=N–C) groups is 1. The van der Waals surface area contributed by atoms with Gasteiger partial charge in [-0.3, -0.25) is 19.1 Å². The Morgan fingerprint density at radius 2 is 2.09 bits per heavy atom. The summed E-state index contributed by atoms with van der Waals surface area (Å²) in [4.78, 5) is 41.0. The van der Waals surface area contributed by atoms with Gasteiger partial charge in [0.1, 0.15) is 0 Å². The molecule has 0 bridgehead atoms. The summed E-state index contributed by atoms with van der Waals surface area (Å²) in [5.41, 5.74) is 0. The van der Waals surface area contributed by atoms with E-state index in [4.69, 9.17) is 4.74 Å². The SMILES string of the molecule is CC(C)CC(C=NC(=O)C1CCOC1)C(=O)N[C@@H](C[C@@H]1CCNC1=O)C(O)COC(F)(F)F. The molecule has 0 aliphatic carbocycles. The number of alkyl halides is 3. The average molecular weight is 479 g/mol. The molecular formula is C21H32F3N3O6. The minimum absolute atomic E-state index is 0.0506. The zero-order valence-corrected chi connectivity index (χ0v) is 18.8. The van der Waals surface area contributed by atoms with E-state index in [0.717, 1.165) is 0 Å². The first kappa shape index (κ1) is 27.2. The number of aliphatic hydroxyl groups excluding tert-OH is 1. The van der Waals surface area contributed by atoms with E-state index < -0.39 is 48.8 Å². The number of halogens is 3. The molecule has 3 unspecified atom stereocenters. The number of ether oxygens (including phenoxy) is 2. The molecule has 0 radical (unpaired) electrons. The highest BCUT2D eigenvalue weighted by atomic mass is 19.4. The van der Waals surface area contributed by atoms with Crippen LogP contribution in [0.3, 0.4) is 0 Å². The van der Waals surface area contributed by atoms with Crippen LogP contribution in [0.5, 0.6) is 0 Å². The number of nitrogens with one attached hydrogen (secondary N) is 2. The first-order valence-corrected chi connectivity index (χ1v) is 11.1. The molecule has 2 saturated heterocycles. The summed E-state index contributed by atoms with van der Waals surface area (Å²) in [6.45, 7) is 3.80. The van der Waals surface area contributed by atoms with E-state index in [0.29, 0.717) is 32.4 Å². The fraction of sp³-hybridized carbons (Fsp3) is 0.810. The Balaban J connectivity index is 2.10. The summed E-state index contributed by atoms with van der Waals surface area (Å²) < 4.78 is 46.2. The lowest BCUT2D eigenvalue weighted by molar-refractivity contribution is -0.331. The van der Waals surface area contributed by atoms with Crippen molar-refractivity contribution in [1.82, 2.24) is 10.6 Å². The van der Waals surface area contributed by atoms with Crippen LogP contribution in [-0.4, -0.2) is 73.9 Å². The molecule has 2 rings (SSSR count). The molecule has 2 aliphatic heterocycles. The Morgan fingerprint density at radius 3 is 2.64 bits per heavy atom. The molecule has 0 saturated carbocycles. The van der Waals surface area contributed by atoms with Crippen molar-refractivity contribution in [3.63, 3.8) is 0 Å². The number of amides is 3. The third-order valence-corrected chi connectivity index (χ3v) is 5.63. The molecule has 2 fully saturated rings. The van der Waals surface area contributed by atoms with Crippen molar-refractivity contribution < 1.29 is 42.1 Å². The van der Waals surface area contributed by atoms with Gasteiger partial charge < -0.3 is 20.5 Å². The van der Waals surface area contributed by atoms with Crippen LogP contribution >= 0.6 is 0 Å². The molecule has 188 valence electrons. The highest BCUT2D eigenvalue weighted by molar-refractivity contribution is 5.98. The number of hydrogen-bond acceptors (Lipinski definition) is 6. The van der Waals surface area contributed by atoms with Crippen molar-refractivity contribution in [3.05, 3.63) is 0 Å². The van der Waals surface area contributed by atoms with Gasteiger partial charge in [-0.2, -0.15) is 0 Å². The summed E-state index contributed by atoms with van der Waals surface area (Å²) in [5.74, 6) is -3.00. The van der Waals surface area contributed by atoms with Crippen LogP contribution in [0.1, 0.15) is 39.5 Å². The highest BCUT2D eigenvalue weighted by Crippen LogP contribution is 2.22. The minimum Gasteiger partial charge on any atom is -0.389 e. The zero-order chi connectivity index (χ0) is 24.6. The number of hydrogen-bond donors (Lipinski definition) is 3. The second-order valence-electron chi connectivity index (χ2n) is 8.86. The molecule has 0 aromatic carbocycles. The van der Waals surface area contributed by atoms with Gasteiger partial charge in [-0.1, -0.05) is 13.8 Å². The topological polar surface area (TPSA) is 126 Å². The smallest absolute Gasteiger partial charge is 0.389 e. The van der Waals surface area contributed by atoms with Crippen molar-refractivity contribution >= 4 is 23.9 Å². The first-order valence-electron chi connectivity index (χ1n) is 11.1. The zero-order valence-electron chi connectivity index (χ0n) is 18.8. The Labute approximate surface area is 190 Å². The van der Waals surface area contributed by atoms with Crippen molar-refractivity contribution in [2.45, 2.75) is 58.0 Å². The van der Waals surface area contributed by atoms with Gasteiger partial charge in [0.05, 0.1) is 37.2 Å². The molecule has 33 heavy (non-hydrogen) atoms. The van der Waals surface area contributed by atoms with Crippen LogP contribution in [0.25, 0.3) is 0 Å². The van der Waals surface area contributed by atoms with Crippen LogP contribution in [0.4, 0.5) is 13.2 Å². The number of carbonyl (C=O) groups excluding carboxylic acids is 3. The maximum atomic E-state index is 13.0. The molecule has 0 aromatic rings. The fourth-order valence-corrected chi connectivity index (χ4v) is 3.82. The van der Waals surface area contributed by atoms with Gasteiger partial charge in [-0.25, -0.2) is 4.99 Å². The van der Waals surface area contributed by atoms with E-state index in [2.05, 4.69) is 20.4 Å². The van der Waals surface area contributed by atoms with E-state index in [1.807, 2.05) is 13.8 Å². The van der Waals surface area contributed by atoms with Crippen LogP contribution in [0, 0.1) is 23.7 Å². The third-order valence-electron chi connectivity index (χ3n) is 5.63. The summed E-state index contributed by atoms with van der Waals surface area (Å²) >= 11 is 0. The van der Waals surface area contributed by atoms with Gasteiger partial charge in [-0.05, 0) is 31.6 Å². The van der Waals surface area contributed by atoms with Gasteiger partial charge >= 0.3 is 6.36 Å². The number of aliphatic hydroxyl groups is 1. The maximum absolute atomic E-state index is 13.0. The average Bonchev–Trinajstić information content (AvgIpc) is 3.40. The highest BCUT2D eigenvalue weighted by Gasteiger charge is 2.36. The Bertz CT molecular complexity index is 710. The summed E-state index contributed by atoms with van der Waals surface area (Å²) in [6, 6.07) is -1.16. The molecule has 3 N–H and O–H groups in total. The predicted molar refractivity (Wildman–Crippen MR) is 111 cm³/mol. The molecule has 9 nitrogen and oxygen atoms in total. The van der Waals surface area contributed by atoms with Crippen molar-refractivity contribution in [3.8, 4) is 0 Å². The van der Waals surface area contributed by atoms with Gasteiger partial charge in [0, 0.05) is 25.3 Å². The van der Waals surface area contributed by atoms with Crippen molar-refractivity contribution in [1.29, 1.82) is 0 Å². The Morgan fingerprint density at radius 1 is 1.36 bits per heavy atom. The number of rotatable bonds is 11. The maximum Gasteiger partial charge on any atom is 0.522 e. The van der Waals surface area contributed by atoms with Crippen LogP contribution in [0.15, 0.2) is 4.99 Å². The van der Waals surface area contributed by atoms with Gasteiger partial charge in [0.25, 0.3) is 5.91 Å². The predicted octanol–water partition coefficient (Wildman–Crippen LogP) is 1.19. The third kappa shape index (κ3) is 9.38. The van der Waals surface area contributed by atoms with Crippen molar-refractivity contribution in [2.24, 2.45) is 28.7 Å². The van der Waals surface area contributed by atoms with E-state index in [-0.39, 0.29) is 30.8 Å². The van der Waals surface area contributed by atoms with Crippen LogP contribution < -0.4 is 10.6 Å². The van der Waals surface area contributed by atoms with E-state index in [1.165, 1.54) is 6.21 Å². The van der Waals surface area contributed by atoms with Gasteiger partial charge in [-0.15, -0.1) is 13.2 Å². The summed E-state index contributed by atoms with van der Waals surface area (Å²) in [7, 11) is 0. The molecule has 0 spiro atoms. The monoisotopic (exact) mass is 479 g/mol. The summed E-state index contributed by atoms with van der Waals surface area (Å²) in [5, 5.41) is 15.5. The van der Waals surface area contributed by atoms with Crippen LogP contribution in [0.2, 0.25) is 0 Å². The van der Waals surface area contributed by atoms with E-state index in [9.17, 15) is 32.7 Å². The standard InChI is InChI=1S/C21H32F3N3O6/c1-12(2)7-15(9-26-19(30)14-4-6-32-10-14)20(31)27-16(8-13-3-5-25-18(13)29)17(28)11-33-21(22,23)24/h9,12-17,28H,3-8,10-11H2,1-2H3,(H,25,29)(H,27,31)/t13-,14?,15?,16-,17?/m0/s1. The molecule has 12 heteroatoms. The molecule has 5 atom stereocenters. The van der Waals surface area contributed by atoms with E-state index >= 15 is 0 Å². The summed E-state index contributed by atoms with van der Waals surface area (Å²) in [6.07, 6.45) is -4.14. The molecule has 3 amide bonds. The number of carbonyl (C=O) groups is 3. The second-order valence-corrected chi connectivity index (χ2v) is 8.86. The lowest BCUT2D eigenvalue weighted by Gasteiger charge is -2.27. The molecule has 2 heterocycles. The van der Waals surface area contributed by atoms with Crippen LogP contribution in [-0.2, 0) is 23.9 Å². The van der Waals surface area contributed by atoms with Crippen molar-refractivity contribution in [2.75, 3.05) is 26.4 Å². The lowest BCUT2D eigenvalue weighted by Crippen LogP contribution is -2.49. The fourth-order valence-electron chi connectivity index (χ4n) is 3.82. The van der Waals surface area contributed by atoms with E-state index in [1.54, 1.807) is 0 Å². The van der Waals surface area contributed by atoms with Gasteiger partial charge in [0.2, 0.25) is 11.8 Å². The largest absolute Gasteiger partial charge is 0.522 e. The Kier molecular flexibility index (Phi) is 10.2.